The number of aromatic nitrogens is 3. The van der Waals surface area contributed by atoms with Crippen LogP contribution in [0.4, 0.5) is 0 Å². The molecular formula is C24H29N3O15P2. The molecule has 2 saturated heterocycles. The van der Waals surface area contributed by atoms with Crippen LogP contribution in [0.3, 0.4) is 0 Å². The van der Waals surface area contributed by atoms with Gasteiger partial charge in [0.2, 0.25) is 6.29 Å². The summed E-state index contributed by atoms with van der Waals surface area (Å²) in [4.78, 5) is 47.8. The maximum atomic E-state index is 13.3. The zero-order chi connectivity index (χ0) is 31.8. The number of fused-ring (bicyclic) bond motifs is 1. The number of nitrogens with zero attached hydrogens (tertiary/aromatic N) is 3. The number of phosphoric acid groups is 2. The molecule has 3 aromatic rings. The van der Waals surface area contributed by atoms with Gasteiger partial charge in [0, 0.05) is 24.1 Å². The number of rotatable bonds is 10. The van der Waals surface area contributed by atoms with Gasteiger partial charge in [-0.3, -0.25) is 27.8 Å². The Kier molecular flexibility index (Phi) is 9.39. The van der Waals surface area contributed by atoms with Crippen molar-refractivity contribution in [3.05, 3.63) is 63.1 Å². The lowest BCUT2D eigenvalue weighted by atomic mass is 10.1. The summed E-state index contributed by atoms with van der Waals surface area (Å²) in [6, 6.07) is 7.86. The molecule has 0 bridgehead atoms. The van der Waals surface area contributed by atoms with Crippen LogP contribution in [0.15, 0.2) is 50.6 Å². The minimum Gasteiger partial charge on any atom is -0.435 e. The van der Waals surface area contributed by atoms with Gasteiger partial charge in [0.1, 0.15) is 24.0 Å². The smallest absolute Gasteiger partial charge is 0.435 e. The second kappa shape index (κ2) is 12.8. The van der Waals surface area contributed by atoms with Crippen molar-refractivity contribution in [3.8, 4) is 0 Å². The molecule has 2 aliphatic rings. The van der Waals surface area contributed by atoms with Gasteiger partial charge in [-0.25, -0.2) is 18.4 Å². The van der Waals surface area contributed by atoms with E-state index in [0.29, 0.717) is 16.7 Å². The first-order valence-electron chi connectivity index (χ1n) is 13.3. The van der Waals surface area contributed by atoms with E-state index in [2.05, 4.69) is 9.47 Å². The Labute approximate surface area is 247 Å². The van der Waals surface area contributed by atoms with Crippen LogP contribution in [0.2, 0.25) is 0 Å². The zero-order valence-electron chi connectivity index (χ0n) is 23.2. The van der Waals surface area contributed by atoms with Crippen molar-refractivity contribution in [2.45, 2.75) is 57.6 Å². The van der Waals surface area contributed by atoms with E-state index in [1.165, 1.54) is 0 Å². The lowest BCUT2D eigenvalue weighted by Crippen LogP contribution is -2.43. The summed E-state index contributed by atoms with van der Waals surface area (Å²) in [7, 11) is -9.97. The predicted molar refractivity (Wildman–Crippen MR) is 145 cm³/mol. The number of aliphatic hydroxyl groups excluding tert-OH is 2. The van der Waals surface area contributed by atoms with E-state index in [4.69, 9.17) is 27.6 Å². The fourth-order valence-electron chi connectivity index (χ4n) is 4.36. The molecule has 2 aromatic heterocycles. The van der Waals surface area contributed by atoms with Crippen molar-refractivity contribution in [2.24, 2.45) is 5.92 Å². The third kappa shape index (κ3) is 6.94. The molecule has 20 heteroatoms. The molecule has 5 rings (SSSR count). The number of phosphoric ester groups is 2. The molecule has 1 aromatic carbocycles. The van der Waals surface area contributed by atoms with Crippen molar-refractivity contribution in [2.75, 3.05) is 13.2 Å². The van der Waals surface area contributed by atoms with Gasteiger partial charge in [-0.2, -0.15) is 4.31 Å². The summed E-state index contributed by atoms with van der Waals surface area (Å²) < 4.78 is 62.1. The van der Waals surface area contributed by atoms with Gasteiger partial charge < -0.3 is 29.1 Å². The summed E-state index contributed by atoms with van der Waals surface area (Å²) in [6.07, 6.45) is -6.89. The van der Waals surface area contributed by atoms with Crippen LogP contribution >= 0.6 is 15.6 Å². The fourth-order valence-corrected chi connectivity index (χ4v) is 7.07. The van der Waals surface area contributed by atoms with Crippen molar-refractivity contribution < 1.29 is 60.9 Å². The van der Waals surface area contributed by atoms with Gasteiger partial charge in [-0.15, -0.1) is 0 Å². The number of esters is 1. The highest BCUT2D eigenvalue weighted by molar-refractivity contribution is 7.61. The van der Waals surface area contributed by atoms with Crippen molar-refractivity contribution in [1.29, 1.82) is 0 Å². The van der Waals surface area contributed by atoms with Gasteiger partial charge >= 0.3 is 27.3 Å². The lowest BCUT2D eigenvalue weighted by Gasteiger charge is -2.29. The van der Waals surface area contributed by atoms with Gasteiger partial charge in [-0.1, -0.05) is 31.1 Å². The monoisotopic (exact) mass is 661 g/mol. The van der Waals surface area contributed by atoms with E-state index in [-0.39, 0.29) is 19.6 Å². The fraction of sp³-hybridized carbons (Fsp3) is 0.500. The van der Waals surface area contributed by atoms with Gasteiger partial charge in [0.25, 0.3) is 5.56 Å². The third-order valence-corrected chi connectivity index (χ3v) is 9.73. The average molecular weight is 661 g/mol. The summed E-state index contributed by atoms with van der Waals surface area (Å²) in [5.41, 5.74) is -0.868. The third-order valence-electron chi connectivity index (χ3n) is 6.64. The normalized spacial score (nSPS) is 28.7. The number of aliphatic hydroxyl groups is 2. The predicted octanol–water partition coefficient (Wildman–Crippen LogP) is 1.02. The maximum absolute atomic E-state index is 13.3. The molecule has 0 aliphatic carbocycles. The van der Waals surface area contributed by atoms with E-state index in [0.717, 1.165) is 21.4 Å². The Hall–Kier alpha value is -3.02. The van der Waals surface area contributed by atoms with Crippen LogP contribution in [0.1, 0.15) is 32.2 Å². The summed E-state index contributed by atoms with van der Waals surface area (Å²) in [6.45, 7) is 1.65. The van der Waals surface area contributed by atoms with Gasteiger partial charge in [-0.05, 0) is 12.1 Å². The molecule has 0 amide bonds. The molecule has 7 atom stereocenters. The number of carbonyl (C=O) groups is 1. The van der Waals surface area contributed by atoms with Crippen LogP contribution in [-0.2, 0) is 47.8 Å². The summed E-state index contributed by atoms with van der Waals surface area (Å²) in [5.74, 6) is -1.20. The maximum Gasteiger partial charge on any atom is 0.486 e. The van der Waals surface area contributed by atoms with E-state index in [9.17, 15) is 38.6 Å². The first-order chi connectivity index (χ1) is 20.8. The van der Waals surface area contributed by atoms with Crippen molar-refractivity contribution in [1.82, 2.24) is 14.3 Å². The topological polar surface area (TPSA) is 237 Å². The van der Waals surface area contributed by atoms with Crippen LogP contribution < -0.4 is 11.2 Å². The van der Waals surface area contributed by atoms with Crippen LogP contribution in [0, 0.1) is 5.92 Å². The van der Waals surface area contributed by atoms with Crippen molar-refractivity contribution >= 4 is 32.6 Å². The SMILES string of the molecule is CC(C)C(=O)OC1CCOP(=O)(OP(=O)(O)OC[C@H]2O[C@@H](n3ccc(=O)n(Cc4noc5ccccc45)c3=O)C(O)C2O)O1. The minimum absolute atomic E-state index is 0.0222. The molecular weight excluding hydrogens is 632 g/mol. The lowest BCUT2D eigenvalue weighted by molar-refractivity contribution is -0.175. The molecule has 18 nitrogen and oxygen atoms in total. The van der Waals surface area contributed by atoms with Crippen molar-refractivity contribution in [3.63, 3.8) is 0 Å². The average Bonchev–Trinajstić information content (AvgIpc) is 3.49. The van der Waals surface area contributed by atoms with E-state index in [1.54, 1.807) is 38.1 Å². The number of benzene rings is 1. The molecule has 0 spiro atoms. The Morgan fingerprint density at radius 1 is 1.20 bits per heavy atom. The van der Waals surface area contributed by atoms with Crippen LogP contribution in [-0.4, -0.2) is 73.2 Å². The molecule has 240 valence electrons. The number of hydrogen-bond acceptors (Lipinski definition) is 15. The van der Waals surface area contributed by atoms with Gasteiger partial charge in [0.15, 0.2) is 11.8 Å². The van der Waals surface area contributed by atoms with E-state index >= 15 is 0 Å². The summed E-state index contributed by atoms with van der Waals surface area (Å²) in [5, 5.41) is 25.7. The highest BCUT2D eigenvalue weighted by Crippen LogP contribution is 2.65. The zero-order valence-corrected chi connectivity index (χ0v) is 25.0. The largest absolute Gasteiger partial charge is 0.486 e. The Morgan fingerprint density at radius 3 is 2.70 bits per heavy atom. The highest BCUT2D eigenvalue weighted by Gasteiger charge is 2.48. The second-order valence-electron chi connectivity index (χ2n) is 10.1. The number of ether oxygens (including phenoxy) is 2. The number of hydrogen-bond donors (Lipinski definition) is 3. The van der Waals surface area contributed by atoms with E-state index < -0.39 is 76.2 Å². The minimum atomic E-state index is -5.23. The standard InChI is InChI=1S/C24H29N3O15P2/c1-13(2)23(31)39-19-8-10-36-44(35,41-19)42-43(33,34)37-12-17-20(29)21(30)22(38-17)26-9-7-18(28)27(24(26)32)11-15-14-5-3-4-6-16(14)40-25-15/h3-7,9,13,17,19-22,29-30H,8,10-12H2,1-2H3,(H,33,34)/t17-,19?,20?,21?,22-,44?/m1/s1. The number of carbonyl (C=O) groups excluding carboxylic acids is 1. The molecule has 0 radical (unpaired) electrons. The Balaban J connectivity index is 1.25. The first-order valence-corrected chi connectivity index (χ1v) is 16.2. The Morgan fingerprint density at radius 2 is 1.95 bits per heavy atom. The number of para-hydroxylation sites is 1. The summed E-state index contributed by atoms with van der Waals surface area (Å²) >= 11 is 0. The Bertz CT molecular complexity index is 1740. The molecule has 5 unspecified atom stereocenters. The molecule has 2 aliphatic heterocycles. The van der Waals surface area contributed by atoms with Crippen LogP contribution in [0.25, 0.3) is 11.0 Å². The van der Waals surface area contributed by atoms with E-state index in [1.807, 2.05) is 0 Å². The quantitative estimate of drug-likeness (QED) is 0.203. The second-order valence-corrected chi connectivity index (χ2v) is 13.4. The molecule has 3 N–H and O–H groups in total. The molecule has 0 saturated carbocycles. The van der Waals surface area contributed by atoms with Gasteiger partial charge in [0.05, 0.1) is 25.7 Å². The first kappa shape index (κ1) is 32.4. The molecule has 2 fully saturated rings. The molecule has 44 heavy (non-hydrogen) atoms. The van der Waals surface area contributed by atoms with Crippen LogP contribution in [0.5, 0.6) is 0 Å². The highest BCUT2D eigenvalue weighted by atomic mass is 31.3. The molecule has 4 heterocycles.